The number of carbonyl (C=O) groups excluding carboxylic acids is 4. The summed E-state index contributed by atoms with van der Waals surface area (Å²) in [6.45, 7) is 6.97. The Morgan fingerprint density at radius 1 is 0.425 bits per heavy atom. The van der Waals surface area contributed by atoms with Crippen LogP contribution in [-0.2, 0) is 86.5 Å². The zero-order chi connectivity index (χ0) is 88.1. The number of Topliss-reactive ketones (excluding diaryl/α,β-unsaturated/α-hetero) is 2. The molecule has 644 valence electrons. The molecule has 14 atom stereocenters. The smallest absolute Gasteiger partial charge is 0.416 e. The molecule has 1 N–H and O–H groups in total. The summed E-state index contributed by atoms with van der Waals surface area (Å²) in [7, 11) is 0. The molecule has 1 saturated heterocycles. The lowest BCUT2D eigenvalue weighted by molar-refractivity contribution is -0.147. The van der Waals surface area contributed by atoms with Crippen LogP contribution in [0.15, 0.2) is 188 Å². The first-order valence-electron chi connectivity index (χ1n) is 37.7. The van der Waals surface area contributed by atoms with Crippen LogP contribution >= 0.6 is 0 Å². The van der Waals surface area contributed by atoms with Crippen LogP contribution in [0.25, 0.3) is 0 Å². The van der Waals surface area contributed by atoms with Gasteiger partial charge in [0.05, 0.1) is 75.9 Å². The summed E-state index contributed by atoms with van der Waals surface area (Å²) in [5, 5.41) is 9.54. The number of ketones is 2. The standard InChI is InChI=1S/C41H36F7NO6.C24H23F7O2.C22H19F7O3/c1-24(28-19-29(40(43,44)45)21-30(20-28)41(46,47)48)54-34-18-17-32(35(34)26-13-15-31(42)16-14-26)33(50)22-39(2)37(51)55-36(27-11-7-4-8-12-27)49(39)38(52)53-23-25-9-5-3-6-10-25;1-3-20(32)19-8-9-21(22(19)14-4-6-18(25)7-5-14)33-13(2)15-10-16(23(26,27)28)12-17(11-15)24(29,30)31;1-11(13-8-14(21(24,25)26)10-15(9-13)22(27,28)29)32-18-7-6-17(20(30)31)19(18)12-2-4-16(23)5-3-12/h3-16,19-21,24,32,34-36H,17-18,22-23H2,1-2H3;4-7,10-13,19,21-22H,3,8-9H2,1-2H3;2-5,8-11,17-19H,6-7H2,1H3,(H,30,31)/t24-,32+,34+,35+,36+,39-;13-,19+,21+,22+;11-,17-,18+,19+/m111/s1. The zero-order valence-corrected chi connectivity index (χ0v) is 64.2. The number of esters is 1. The number of hydrogen-bond donors (Lipinski definition) is 1. The predicted molar refractivity (Wildman–Crippen MR) is 390 cm³/mol. The Morgan fingerprint density at radius 2 is 0.725 bits per heavy atom. The van der Waals surface area contributed by atoms with Crippen LogP contribution < -0.4 is 0 Å². The summed E-state index contributed by atoms with van der Waals surface area (Å²) >= 11 is 0. The van der Waals surface area contributed by atoms with Gasteiger partial charge in [0.15, 0.2) is 5.54 Å². The average Bonchev–Trinajstić information content (AvgIpc) is 1.59. The molecule has 4 fully saturated rings. The number of carboxylic acids is 1. The maximum absolute atomic E-state index is 14.4. The van der Waals surface area contributed by atoms with Crippen molar-refractivity contribution in [3.63, 3.8) is 0 Å². The highest BCUT2D eigenvalue weighted by Gasteiger charge is 2.59. The summed E-state index contributed by atoms with van der Waals surface area (Å²) in [6, 6.07) is 36.8. The topological polar surface area (TPSA) is 155 Å². The summed E-state index contributed by atoms with van der Waals surface area (Å²) in [5.41, 5.74) is -8.94. The van der Waals surface area contributed by atoms with Gasteiger partial charge in [-0.05, 0) is 196 Å². The number of amides is 1. The van der Waals surface area contributed by atoms with E-state index in [0.717, 1.165) is 29.2 Å². The van der Waals surface area contributed by atoms with Gasteiger partial charge in [0.2, 0.25) is 6.23 Å². The largest absolute Gasteiger partial charge is 0.481 e. The SMILES string of the molecule is CCC(=O)[C@@H]1CC[C@H](O[C@H](C)c2cc(C(F)(F)F)cc(C(F)(F)F)c2)[C@H]1c1ccc(F)cc1.C[C@@H](O[C@H]1CC[C@@H](C(=O)C[C@]2(C)C(=O)O[C@@H](c3ccccc3)N2C(=O)OCc2ccccc2)[C@@H]1c1ccc(F)cc1)c1cc(C(F)(F)F)cc(C(F)(F)F)c1.C[C@@H](O[C@H]1CC[C@@H](C(=O)O)[C@@H]1c1ccc(F)cc1)c1cc(C(F)(F)F)cc(C(F)(F)F)c1. The lowest BCUT2D eigenvalue weighted by atomic mass is 9.80. The molecule has 3 aliphatic carbocycles. The number of cyclic esters (lactones) is 1. The molecule has 1 amide bonds. The Hall–Kier alpha value is -10.3. The van der Waals surface area contributed by atoms with Crippen LogP contribution in [0.3, 0.4) is 0 Å². The van der Waals surface area contributed by atoms with Gasteiger partial charge in [-0.3, -0.25) is 19.3 Å². The van der Waals surface area contributed by atoms with Crippen molar-refractivity contribution in [2.75, 3.05) is 0 Å². The molecule has 8 aromatic carbocycles. The van der Waals surface area contributed by atoms with Gasteiger partial charge < -0.3 is 28.8 Å². The Labute approximate surface area is 673 Å². The van der Waals surface area contributed by atoms with Gasteiger partial charge in [-0.15, -0.1) is 0 Å². The van der Waals surface area contributed by atoms with Gasteiger partial charge in [-0.1, -0.05) is 104 Å². The zero-order valence-electron chi connectivity index (χ0n) is 64.2. The van der Waals surface area contributed by atoms with Crippen LogP contribution in [0, 0.1) is 35.2 Å². The quantitative estimate of drug-likeness (QED) is 0.0540. The molecular formula is C87H78F21NO11. The second-order valence-electron chi connectivity index (χ2n) is 29.9. The minimum absolute atomic E-state index is 0.0264. The molecule has 1 heterocycles. The number of alkyl halides is 18. The van der Waals surface area contributed by atoms with Gasteiger partial charge in [0.25, 0.3) is 0 Å². The Bertz CT molecular complexity index is 4790. The van der Waals surface area contributed by atoms with Crippen molar-refractivity contribution in [1.29, 1.82) is 0 Å². The van der Waals surface area contributed by atoms with Crippen LogP contribution in [-0.4, -0.2) is 63.5 Å². The van der Waals surface area contributed by atoms with Gasteiger partial charge in [-0.25, -0.2) is 22.8 Å². The van der Waals surface area contributed by atoms with E-state index in [1.165, 1.54) is 76.2 Å². The molecule has 12 nitrogen and oxygen atoms in total. The fourth-order valence-electron chi connectivity index (χ4n) is 15.9. The van der Waals surface area contributed by atoms with E-state index in [2.05, 4.69) is 0 Å². The number of carboxylic acid groups (broad SMARTS) is 1. The predicted octanol–water partition coefficient (Wildman–Crippen LogP) is 24.2. The molecule has 0 unspecified atom stereocenters. The van der Waals surface area contributed by atoms with E-state index in [0.29, 0.717) is 77.1 Å². The van der Waals surface area contributed by atoms with Crippen molar-refractivity contribution in [2.24, 2.45) is 17.8 Å². The molecule has 0 radical (unpaired) electrons. The van der Waals surface area contributed by atoms with Crippen molar-refractivity contribution >= 4 is 29.6 Å². The van der Waals surface area contributed by atoms with Gasteiger partial charge in [-0.2, -0.15) is 79.0 Å². The van der Waals surface area contributed by atoms with E-state index in [4.69, 9.17) is 23.7 Å². The fraction of sp³-hybridized carbons (Fsp3) is 0.391. The number of benzene rings is 8. The third kappa shape index (κ3) is 22.3. The molecule has 8 aromatic rings. The lowest BCUT2D eigenvalue weighted by Gasteiger charge is -2.34. The van der Waals surface area contributed by atoms with Crippen LogP contribution in [0.4, 0.5) is 97.0 Å². The molecule has 0 bridgehead atoms. The number of hydrogen-bond acceptors (Lipinski definition) is 10. The molecule has 0 spiro atoms. The van der Waals surface area contributed by atoms with Crippen molar-refractivity contribution in [2.45, 2.75) is 196 Å². The molecule has 12 rings (SSSR count). The highest BCUT2D eigenvalue weighted by Crippen LogP contribution is 2.52. The van der Waals surface area contributed by atoms with E-state index in [1.807, 2.05) is 0 Å². The third-order valence-corrected chi connectivity index (χ3v) is 21.9. The normalized spacial score (nSPS) is 22.9. The highest BCUT2D eigenvalue weighted by molar-refractivity contribution is 5.95. The molecule has 0 aromatic heterocycles. The van der Waals surface area contributed by atoms with Crippen molar-refractivity contribution in [3.8, 4) is 0 Å². The number of aliphatic carboxylic acids is 1. The van der Waals surface area contributed by atoms with Crippen molar-refractivity contribution < 1.29 is 145 Å². The Morgan fingerprint density at radius 3 is 1.03 bits per heavy atom. The van der Waals surface area contributed by atoms with E-state index >= 15 is 0 Å². The maximum atomic E-state index is 14.4. The summed E-state index contributed by atoms with van der Waals surface area (Å²) in [4.78, 5) is 67.3. The molecule has 3 saturated carbocycles. The van der Waals surface area contributed by atoms with Crippen LogP contribution in [0.5, 0.6) is 0 Å². The summed E-state index contributed by atoms with van der Waals surface area (Å²) in [5.74, 6) is -8.39. The third-order valence-electron chi connectivity index (χ3n) is 21.9. The minimum atomic E-state index is -5.07. The molecular weight excluding hydrogens is 1630 g/mol. The number of rotatable bonds is 21. The molecule has 4 aliphatic rings. The molecule has 1 aliphatic heterocycles. The molecule has 120 heavy (non-hydrogen) atoms. The number of carbonyl (C=O) groups is 5. The second kappa shape index (κ2) is 37.0. The van der Waals surface area contributed by atoms with Gasteiger partial charge in [0.1, 0.15) is 35.6 Å². The van der Waals surface area contributed by atoms with E-state index in [-0.39, 0.29) is 79.4 Å². The van der Waals surface area contributed by atoms with Crippen LogP contribution in [0.1, 0.15) is 206 Å². The monoisotopic (exact) mass is 1710 g/mol. The minimum Gasteiger partial charge on any atom is -0.481 e. The first-order chi connectivity index (χ1) is 56.0. The van der Waals surface area contributed by atoms with E-state index < -0.39 is 202 Å². The number of nitrogens with zero attached hydrogens (tertiary/aromatic N) is 1. The first kappa shape index (κ1) is 92.0. The lowest BCUT2D eigenvalue weighted by Crippen LogP contribution is -2.51. The Balaban J connectivity index is 0.000000201. The van der Waals surface area contributed by atoms with Gasteiger partial charge in [0, 0.05) is 48.0 Å². The second-order valence-corrected chi connectivity index (χ2v) is 29.9. The van der Waals surface area contributed by atoms with E-state index in [1.54, 1.807) is 67.6 Å². The first-order valence-corrected chi connectivity index (χ1v) is 37.7. The number of ether oxygens (including phenoxy) is 5. The van der Waals surface area contributed by atoms with Crippen LogP contribution in [0.2, 0.25) is 0 Å². The summed E-state index contributed by atoms with van der Waals surface area (Å²) in [6.07, 6.45) is -36.8. The highest BCUT2D eigenvalue weighted by atomic mass is 19.4. The van der Waals surface area contributed by atoms with Gasteiger partial charge >= 0.3 is 55.1 Å². The summed E-state index contributed by atoms with van der Waals surface area (Å²) < 4.78 is 310. The van der Waals surface area contributed by atoms with Crippen molar-refractivity contribution in [3.05, 3.63) is 283 Å². The molecule has 33 heteroatoms. The maximum Gasteiger partial charge on any atom is 0.416 e. The van der Waals surface area contributed by atoms with E-state index in [9.17, 15) is 121 Å². The Kier molecular flexibility index (Phi) is 28.3. The average molecular weight is 1710 g/mol. The fourth-order valence-corrected chi connectivity index (χ4v) is 15.9. The number of halogens is 21. The van der Waals surface area contributed by atoms with Crippen molar-refractivity contribution in [1.82, 2.24) is 4.90 Å².